The first-order valence-corrected chi connectivity index (χ1v) is 26.8. The Labute approximate surface area is 470 Å². The number of hydrogen-bond donors (Lipinski definition) is 0. The Hall–Kier alpha value is -10.5. The number of aromatic nitrogens is 2. The Morgan fingerprint density at radius 3 is 1.57 bits per heavy atom. The molecule has 2 aromatic heterocycles. The van der Waals surface area contributed by atoms with Gasteiger partial charge in [0.05, 0.1) is 16.7 Å². The van der Waals surface area contributed by atoms with Crippen LogP contribution in [0.3, 0.4) is 0 Å². The van der Waals surface area contributed by atoms with E-state index in [2.05, 4.69) is 174 Å². The van der Waals surface area contributed by atoms with Gasteiger partial charge in [0, 0.05) is 98.8 Å². The fraction of sp³-hybridized carbons (Fsp3) is 0.101. The number of allylic oxidation sites excluding steroid dienone is 6. The van der Waals surface area contributed by atoms with E-state index < -0.39 is 0 Å². The van der Waals surface area contributed by atoms with Crippen LogP contribution in [0.5, 0.6) is 11.5 Å². The number of nitrogens with zero attached hydrogens (tertiary/aromatic N) is 6. The summed E-state index contributed by atoms with van der Waals surface area (Å²) in [5, 5.41) is 3.91. The van der Waals surface area contributed by atoms with E-state index >= 15 is 0 Å². The smallest absolute Gasteiger partial charge is 0.263 e. The topological polar surface area (TPSA) is 110 Å². The van der Waals surface area contributed by atoms with Gasteiger partial charge in [-0.05, 0) is 165 Å². The molecule has 2 aliphatic rings. The summed E-state index contributed by atoms with van der Waals surface area (Å²) < 4.78 is 4.44. The van der Waals surface area contributed by atoms with Crippen LogP contribution in [-0.4, -0.2) is 42.9 Å². The van der Waals surface area contributed by atoms with Gasteiger partial charge < -0.3 is 28.6 Å². The predicted molar refractivity (Wildman–Crippen MR) is 325 cm³/mol. The van der Waals surface area contributed by atoms with E-state index in [4.69, 9.17) is 9.68 Å². The first-order chi connectivity index (χ1) is 39.5. The minimum atomic E-state index is -0.368. The molecule has 12 nitrogen and oxygen atoms in total. The Bertz CT molecular complexity index is 4020. The molecule has 7 aromatic carbocycles. The number of anilines is 5. The zero-order valence-corrected chi connectivity index (χ0v) is 45.3. The van der Waals surface area contributed by atoms with Gasteiger partial charge in [0.2, 0.25) is 0 Å². The molecule has 0 aliphatic carbocycles. The van der Waals surface area contributed by atoms with E-state index in [-0.39, 0.29) is 49.3 Å². The van der Waals surface area contributed by atoms with Gasteiger partial charge in [0.15, 0.2) is 11.5 Å². The molecule has 0 unspecified atom stereocenters. The summed E-state index contributed by atoms with van der Waals surface area (Å²) >= 11 is 0. The van der Waals surface area contributed by atoms with Crippen molar-refractivity contribution in [1.82, 2.24) is 19.3 Å². The summed E-state index contributed by atoms with van der Waals surface area (Å²) in [6.45, 7) is 18.5. The zero-order chi connectivity index (χ0) is 56.3. The summed E-state index contributed by atoms with van der Waals surface area (Å²) in [6.07, 6.45) is 14.1. The lowest BCUT2D eigenvalue weighted by Gasteiger charge is -2.27. The molecule has 4 heterocycles. The lowest BCUT2D eigenvalue weighted by atomic mass is 10.0. The van der Waals surface area contributed by atoms with Crippen molar-refractivity contribution in [3.8, 4) is 28.3 Å². The van der Waals surface area contributed by atoms with Gasteiger partial charge in [-0.2, -0.15) is 0 Å². The minimum Gasteiger partial charge on any atom is -0.369 e. The second-order valence-electron chi connectivity index (χ2n) is 19.6. The van der Waals surface area contributed by atoms with Crippen LogP contribution in [0.2, 0.25) is 0 Å². The molecule has 0 atom stereocenters. The number of hydroxylamine groups is 4. The number of hydrogen-bond acceptors (Lipinski definition) is 8. The largest absolute Gasteiger partial charge is 0.369 e. The molecular formula is C69H58N6O6. The highest BCUT2D eigenvalue weighted by Gasteiger charge is 2.33. The molecule has 11 rings (SSSR count). The first kappa shape index (κ1) is 52.6. The number of rotatable bonds is 18. The second kappa shape index (κ2) is 22.5. The van der Waals surface area contributed by atoms with Crippen molar-refractivity contribution in [2.45, 2.75) is 46.5 Å². The van der Waals surface area contributed by atoms with E-state index in [1.807, 2.05) is 67.6 Å². The molecule has 0 bridgehead atoms. The van der Waals surface area contributed by atoms with Crippen LogP contribution >= 0.6 is 0 Å². The van der Waals surface area contributed by atoms with Crippen LogP contribution in [0, 0.1) is 6.92 Å². The standard InChI is InChI=1S/C69H58N6O6/c1-7-16-50(17-8-2)71-47(6)61(59(9-3)63(71)10-4)44-46(5)70(53-30-35-57(36-31-53)80-74-66(76)40-41-67(74)77)52-26-22-48(23-27-52)49-24-28-54(29-25-49)72(55-32-37-58(38-33-55)81-75-68(78)42-43-69(75)79)56-34-39-65-62(45-56)60-20-14-15-21-64(60)73(65)51-18-12-11-13-19-51/h7-39,44-45H,1,3-4,40-43H2,2,5-6H3/b17-8-,46-44+,50-16+. The van der Waals surface area contributed by atoms with Crippen LogP contribution in [0.15, 0.2) is 220 Å². The van der Waals surface area contributed by atoms with Gasteiger partial charge in [-0.1, -0.05) is 98.6 Å². The maximum atomic E-state index is 12.5. The Balaban J connectivity index is 0.960. The number of benzene rings is 7. The second-order valence-corrected chi connectivity index (χ2v) is 19.6. The number of carbonyl (C=O) groups excluding carboxylic acids is 4. The van der Waals surface area contributed by atoms with E-state index in [1.165, 1.54) is 0 Å². The third kappa shape index (κ3) is 10.1. The number of fused-ring (bicyclic) bond motifs is 3. The highest BCUT2D eigenvalue weighted by Crippen LogP contribution is 2.42. The van der Waals surface area contributed by atoms with Crippen molar-refractivity contribution >= 4 is 97.8 Å². The molecule has 81 heavy (non-hydrogen) atoms. The van der Waals surface area contributed by atoms with Crippen molar-refractivity contribution in [2.75, 3.05) is 9.80 Å². The van der Waals surface area contributed by atoms with Crippen molar-refractivity contribution in [1.29, 1.82) is 0 Å². The Kier molecular flexibility index (Phi) is 14.6. The molecule has 2 aliphatic heterocycles. The molecule has 4 amide bonds. The van der Waals surface area contributed by atoms with Crippen LogP contribution in [0.4, 0.5) is 28.4 Å². The molecule has 0 saturated carbocycles. The van der Waals surface area contributed by atoms with E-state index in [0.717, 1.165) is 111 Å². The highest BCUT2D eigenvalue weighted by atomic mass is 16.7. The lowest BCUT2D eigenvalue weighted by Crippen LogP contribution is -2.32. The first-order valence-electron chi connectivity index (χ1n) is 26.8. The zero-order valence-electron chi connectivity index (χ0n) is 45.3. The molecular weight excluding hydrogens is 1010 g/mol. The predicted octanol–water partition coefficient (Wildman–Crippen LogP) is 16.0. The van der Waals surface area contributed by atoms with Gasteiger partial charge in [-0.15, -0.1) is 10.1 Å². The van der Waals surface area contributed by atoms with Gasteiger partial charge in [-0.25, -0.2) is 0 Å². The van der Waals surface area contributed by atoms with Crippen LogP contribution in [-0.2, 0) is 19.2 Å². The summed E-state index contributed by atoms with van der Waals surface area (Å²) in [5.41, 5.74) is 15.2. The number of imide groups is 2. The Morgan fingerprint density at radius 1 is 0.543 bits per heavy atom. The van der Waals surface area contributed by atoms with Gasteiger partial charge in [-0.3, -0.25) is 19.2 Å². The molecule has 9 aromatic rings. The third-order valence-electron chi connectivity index (χ3n) is 14.6. The van der Waals surface area contributed by atoms with Crippen molar-refractivity contribution in [3.63, 3.8) is 0 Å². The van der Waals surface area contributed by atoms with E-state index in [1.54, 1.807) is 30.3 Å². The lowest BCUT2D eigenvalue weighted by molar-refractivity contribution is -0.165. The van der Waals surface area contributed by atoms with Crippen LogP contribution in [0.1, 0.15) is 62.0 Å². The van der Waals surface area contributed by atoms with Crippen molar-refractivity contribution in [2.24, 2.45) is 0 Å². The molecule has 0 N–H and O–H groups in total. The normalized spacial score (nSPS) is 14.0. The number of para-hydroxylation sites is 2. The molecule has 0 radical (unpaired) electrons. The number of amides is 4. The van der Waals surface area contributed by atoms with Crippen molar-refractivity contribution < 1.29 is 28.9 Å². The quantitative estimate of drug-likeness (QED) is 0.0617. The van der Waals surface area contributed by atoms with Crippen LogP contribution < -0.4 is 19.5 Å². The molecule has 2 fully saturated rings. The summed E-state index contributed by atoms with van der Waals surface area (Å²) in [7, 11) is 0. The average Bonchev–Trinajstić information content (AvgIpc) is 4.37. The summed E-state index contributed by atoms with van der Waals surface area (Å²) in [4.78, 5) is 65.7. The highest BCUT2D eigenvalue weighted by molar-refractivity contribution is 6.11. The fourth-order valence-electron chi connectivity index (χ4n) is 10.9. The Morgan fingerprint density at radius 2 is 1.04 bits per heavy atom. The maximum Gasteiger partial charge on any atom is 0.263 e. The molecule has 12 heteroatoms. The molecule has 2 saturated heterocycles. The fourth-order valence-corrected chi connectivity index (χ4v) is 10.9. The average molecular weight is 1070 g/mol. The SMILES string of the molecule is C=C/C=C(\C=C/C)n1c(C)c(/C=C(\C)N(c2ccc(ON3C(=O)CCC3=O)cc2)c2ccc(-c3ccc(N(c4ccc(ON5C(=O)CCC5=O)cc4)c4ccc5c(c4)c4ccccc4n5-c4ccccc4)cc3)cc2)c(C=C)c1C=C. The third-order valence-corrected chi connectivity index (χ3v) is 14.6. The summed E-state index contributed by atoms with van der Waals surface area (Å²) in [6, 6.07) is 56.9. The minimum absolute atomic E-state index is 0.120. The monoisotopic (exact) mass is 1070 g/mol. The molecule has 400 valence electrons. The van der Waals surface area contributed by atoms with Gasteiger partial charge in [0.1, 0.15) is 0 Å². The molecule has 0 spiro atoms. The van der Waals surface area contributed by atoms with Gasteiger partial charge >= 0.3 is 0 Å². The number of carbonyl (C=O) groups is 4. The van der Waals surface area contributed by atoms with E-state index in [9.17, 15) is 19.2 Å². The van der Waals surface area contributed by atoms with Crippen molar-refractivity contribution in [3.05, 3.63) is 242 Å². The maximum absolute atomic E-state index is 12.5. The summed E-state index contributed by atoms with van der Waals surface area (Å²) in [5.74, 6) is -0.723. The van der Waals surface area contributed by atoms with Crippen LogP contribution in [0.25, 0.3) is 62.5 Å². The van der Waals surface area contributed by atoms with Gasteiger partial charge in [0.25, 0.3) is 23.6 Å². The van der Waals surface area contributed by atoms with E-state index in [0.29, 0.717) is 11.5 Å².